The minimum atomic E-state index is -0.156. The highest BCUT2D eigenvalue weighted by Gasteiger charge is 2.11. The van der Waals surface area contributed by atoms with Crippen LogP contribution in [0.2, 0.25) is 0 Å². The number of carbonyl (C=O) groups is 1. The van der Waals surface area contributed by atoms with Crippen molar-refractivity contribution in [2.75, 3.05) is 12.4 Å². The fraction of sp³-hybridized carbons (Fsp3) is 0.200. The molecule has 0 fully saturated rings. The van der Waals surface area contributed by atoms with E-state index in [1.165, 1.54) is 0 Å². The van der Waals surface area contributed by atoms with E-state index in [1.807, 2.05) is 22.7 Å². The van der Waals surface area contributed by atoms with Gasteiger partial charge in [-0.15, -0.1) is 0 Å². The van der Waals surface area contributed by atoms with Crippen molar-refractivity contribution in [2.24, 2.45) is 0 Å². The molecular formula is C20H19N5O3. The first-order valence-electron chi connectivity index (χ1n) is 8.91. The molecule has 0 spiro atoms. The Morgan fingerprint density at radius 1 is 1.14 bits per heavy atom. The SMILES string of the molecule is COc1ccc(NC(=O)CCCn2c(=O)c3cccn3c3ccncc32)nc1. The number of hydrogen-bond acceptors (Lipinski definition) is 5. The first kappa shape index (κ1) is 17.7. The first-order chi connectivity index (χ1) is 13.7. The first-order valence-corrected chi connectivity index (χ1v) is 8.91. The van der Waals surface area contributed by atoms with E-state index >= 15 is 0 Å². The van der Waals surface area contributed by atoms with Crippen LogP contribution >= 0.6 is 0 Å². The molecule has 8 heteroatoms. The molecule has 0 aliphatic heterocycles. The normalized spacial score (nSPS) is 11.0. The topological polar surface area (TPSA) is 90.5 Å². The second kappa shape index (κ2) is 7.51. The molecule has 0 unspecified atom stereocenters. The molecule has 4 rings (SSSR count). The monoisotopic (exact) mass is 377 g/mol. The van der Waals surface area contributed by atoms with Gasteiger partial charge in [-0.25, -0.2) is 4.98 Å². The Bertz CT molecular complexity index is 1190. The second-order valence-corrected chi connectivity index (χ2v) is 6.32. The maximum atomic E-state index is 12.8. The van der Waals surface area contributed by atoms with Crippen LogP contribution in [0.15, 0.2) is 59.9 Å². The maximum Gasteiger partial charge on any atom is 0.275 e. The zero-order chi connectivity index (χ0) is 19.5. The van der Waals surface area contributed by atoms with Gasteiger partial charge in [0.2, 0.25) is 5.91 Å². The van der Waals surface area contributed by atoms with Crippen LogP contribution in [0.4, 0.5) is 5.82 Å². The fourth-order valence-electron chi connectivity index (χ4n) is 3.20. The summed E-state index contributed by atoms with van der Waals surface area (Å²) in [6.45, 7) is 0.423. The molecule has 0 bridgehead atoms. The van der Waals surface area contributed by atoms with Crippen LogP contribution in [0, 0.1) is 0 Å². The Balaban J connectivity index is 1.48. The lowest BCUT2D eigenvalue weighted by atomic mass is 10.2. The van der Waals surface area contributed by atoms with Crippen molar-refractivity contribution < 1.29 is 9.53 Å². The van der Waals surface area contributed by atoms with Gasteiger partial charge in [0, 0.05) is 25.4 Å². The lowest BCUT2D eigenvalue weighted by Crippen LogP contribution is -2.23. The van der Waals surface area contributed by atoms with Crippen LogP contribution in [-0.2, 0) is 11.3 Å². The van der Waals surface area contributed by atoms with Gasteiger partial charge < -0.3 is 19.0 Å². The van der Waals surface area contributed by atoms with E-state index in [-0.39, 0.29) is 17.9 Å². The molecule has 0 saturated heterocycles. The molecule has 0 radical (unpaired) electrons. The molecule has 28 heavy (non-hydrogen) atoms. The fourth-order valence-corrected chi connectivity index (χ4v) is 3.20. The number of aryl methyl sites for hydroxylation is 1. The smallest absolute Gasteiger partial charge is 0.275 e. The lowest BCUT2D eigenvalue weighted by Gasteiger charge is -2.12. The second-order valence-electron chi connectivity index (χ2n) is 6.32. The number of hydrogen-bond donors (Lipinski definition) is 1. The summed E-state index contributed by atoms with van der Waals surface area (Å²) in [5, 5.41) is 2.75. The van der Waals surface area contributed by atoms with E-state index in [4.69, 9.17) is 4.74 Å². The summed E-state index contributed by atoms with van der Waals surface area (Å²) in [5.74, 6) is 0.933. The van der Waals surface area contributed by atoms with E-state index in [9.17, 15) is 9.59 Å². The third-order valence-corrected chi connectivity index (χ3v) is 4.57. The van der Waals surface area contributed by atoms with E-state index in [2.05, 4.69) is 15.3 Å². The Morgan fingerprint density at radius 2 is 2.04 bits per heavy atom. The number of rotatable bonds is 6. The average Bonchev–Trinajstić information content (AvgIpc) is 3.21. The molecule has 142 valence electrons. The third kappa shape index (κ3) is 3.32. The highest BCUT2D eigenvalue weighted by atomic mass is 16.5. The summed E-state index contributed by atoms with van der Waals surface area (Å²) in [7, 11) is 1.56. The molecule has 8 nitrogen and oxygen atoms in total. The van der Waals surface area contributed by atoms with Crippen molar-refractivity contribution in [1.29, 1.82) is 0 Å². The zero-order valence-electron chi connectivity index (χ0n) is 15.3. The van der Waals surface area contributed by atoms with Crippen molar-refractivity contribution >= 4 is 28.3 Å². The van der Waals surface area contributed by atoms with Gasteiger partial charge in [-0.1, -0.05) is 0 Å². The number of fused-ring (bicyclic) bond motifs is 3. The van der Waals surface area contributed by atoms with Gasteiger partial charge in [-0.2, -0.15) is 0 Å². The van der Waals surface area contributed by atoms with Crippen molar-refractivity contribution in [1.82, 2.24) is 18.9 Å². The van der Waals surface area contributed by atoms with Crippen molar-refractivity contribution in [2.45, 2.75) is 19.4 Å². The van der Waals surface area contributed by atoms with Crippen LogP contribution in [0.3, 0.4) is 0 Å². The standard InChI is InChI=1S/C20H19N5O3/c1-28-14-6-7-18(22-12-14)23-19(26)5-3-11-25-17-13-21-9-8-15(17)24-10-2-4-16(24)20(25)27/h2,4,6-10,12-13H,3,5,11H2,1H3,(H,22,23,26). The number of pyridine rings is 2. The van der Waals surface area contributed by atoms with Crippen molar-refractivity contribution in [3.8, 4) is 5.75 Å². The number of anilines is 1. The van der Waals surface area contributed by atoms with E-state index in [0.29, 0.717) is 30.0 Å². The highest BCUT2D eigenvalue weighted by Crippen LogP contribution is 2.15. The van der Waals surface area contributed by atoms with Crippen LogP contribution in [0.5, 0.6) is 5.75 Å². The predicted molar refractivity (Wildman–Crippen MR) is 106 cm³/mol. The molecule has 0 aliphatic rings. The molecule has 1 N–H and O–H groups in total. The minimum absolute atomic E-state index is 0.0947. The Kier molecular flexibility index (Phi) is 4.76. The number of amides is 1. The summed E-state index contributed by atoms with van der Waals surface area (Å²) in [6, 6.07) is 8.92. The van der Waals surface area contributed by atoms with Crippen molar-refractivity contribution in [3.05, 3.63) is 65.5 Å². The van der Waals surface area contributed by atoms with Crippen LogP contribution in [0.1, 0.15) is 12.8 Å². The number of nitrogens with one attached hydrogen (secondary N) is 1. The van der Waals surface area contributed by atoms with Gasteiger partial charge in [-0.3, -0.25) is 14.6 Å². The molecule has 0 saturated carbocycles. The number of nitrogens with zero attached hydrogens (tertiary/aromatic N) is 4. The van der Waals surface area contributed by atoms with Crippen LogP contribution in [0.25, 0.3) is 16.6 Å². The number of ether oxygens (including phenoxy) is 1. The Hall–Kier alpha value is -3.68. The van der Waals surface area contributed by atoms with Crippen molar-refractivity contribution in [3.63, 3.8) is 0 Å². The molecule has 1 amide bonds. The van der Waals surface area contributed by atoms with E-state index in [0.717, 1.165) is 11.0 Å². The molecule has 4 aromatic heterocycles. The van der Waals surface area contributed by atoms with Gasteiger partial charge in [0.25, 0.3) is 5.56 Å². The molecule has 0 aliphatic carbocycles. The van der Waals surface area contributed by atoms with E-state index < -0.39 is 0 Å². The summed E-state index contributed by atoms with van der Waals surface area (Å²) in [6.07, 6.45) is 7.57. The molecule has 4 aromatic rings. The van der Waals surface area contributed by atoms with Gasteiger partial charge in [0.15, 0.2) is 0 Å². The quantitative estimate of drug-likeness (QED) is 0.557. The van der Waals surface area contributed by atoms with Crippen LogP contribution < -0.4 is 15.6 Å². The lowest BCUT2D eigenvalue weighted by molar-refractivity contribution is -0.116. The predicted octanol–water partition coefficient (Wildman–Crippen LogP) is 2.47. The van der Waals surface area contributed by atoms with E-state index in [1.54, 1.807) is 48.5 Å². The summed E-state index contributed by atoms with van der Waals surface area (Å²) in [5.41, 5.74) is 2.16. The molecule has 4 heterocycles. The molecule has 0 atom stereocenters. The maximum absolute atomic E-state index is 12.8. The van der Waals surface area contributed by atoms with Gasteiger partial charge in [0.1, 0.15) is 17.1 Å². The largest absolute Gasteiger partial charge is 0.495 e. The molecular weight excluding hydrogens is 358 g/mol. The summed E-state index contributed by atoms with van der Waals surface area (Å²) in [4.78, 5) is 33.3. The third-order valence-electron chi connectivity index (χ3n) is 4.57. The number of carbonyl (C=O) groups excluding carboxylic acids is 1. The van der Waals surface area contributed by atoms with Crippen LogP contribution in [-0.4, -0.2) is 32.0 Å². The average molecular weight is 377 g/mol. The highest BCUT2D eigenvalue weighted by molar-refractivity contribution is 5.89. The molecule has 0 aromatic carbocycles. The van der Waals surface area contributed by atoms with Gasteiger partial charge in [0.05, 0.1) is 30.5 Å². The number of aromatic nitrogens is 4. The Morgan fingerprint density at radius 3 is 2.82 bits per heavy atom. The zero-order valence-corrected chi connectivity index (χ0v) is 15.3. The minimum Gasteiger partial charge on any atom is -0.495 e. The summed E-state index contributed by atoms with van der Waals surface area (Å²) >= 11 is 0. The summed E-state index contributed by atoms with van der Waals surface area (Å²) < 4.78 is 8.58. The van der Waals surface area contributed by atoms with Gasteiger partial charge in [-0.05, 0) is 36.8 Å². The number of methoxy groups -OCH3 is 1. The Labute approximate surface area is 160 Å². The van der Waals surface area contributed by atoms with Gasteiger partial charge >= 0.3 is 0 Å².